The second-order valence-electron chi connectivity index (χ2n) is 4.67. The Kier molecular flexibility index (Phi) is 3.06. The Morgan fingerprint density at radius 3 is 2.70 bits per heavy atom. The number of ether oxygens (including phenoxy) is 2. The van der Waals surface area contributed by atoms with Crippen molar-refractivity contribution in [1.29, 1.82) is 0 Å². The van der Waals surface area contributed by atoms with Crippen LogP contribution in [0, 0.1) is 6.92 Å². The van der Waals surface area contributed by atoms with Crippen LogP contribution in [0.3, 0.4) is 0 Å². The Labute approximate surface area is 115 Å². The fourth-order valence-electron chi connectivity index (χ4n) is 2.11. The van der Waals surface area contributed by atoms with Crippen molar-refractivity contribution in [2.75, 3.05) is 18.9 Å². The van der Waals surface area contributed by atoms with E-state index >= 15 is 0 Å². The molecule has 2 heterocycles. The van der Waals surface area contributed by atoms with Gasteiger partial charge in [0.2, 0.25) is 0 Å². The quantitative estimate of drug-likeness (QED) is 0.824. The average Bonchev–Trinajstić information content (AvgIpc) is 2.43. The van der Waals surface area contributed by atoms with Crippen LogP contribution < -0.4 is 20.8 Å². The lowest BCUT2D eigenvalue weighted by Crippen LogP contribution is -2.23. The first-order valence-electron chi connectivity index (χ1n) is 6.36. The summed E-state index contributed by atoms with van der Waals surface area (Å²) in [6, 6.07) is 6.72. The van der Waals surface area contributed by atoms with Crippen LogP contribution in [-0.4, -0.2) is 23.0 Å². The van der Waals surface area contributed by atoms with Gasteiger partial charge in [-0.1, -0.05) is 0 Å². The molecule has 0 radical (unpaired) electrons. The normalized spacial score (nSPS) is 13.2. The van der Waals surface area contributed by atoms with E-state index in [2.05, 4.69) is 5.10 Å². The van der Waals surface area contributed by atoms with E-state index in [0.717, 1.165) is 11.3 Å². The van der Waals surface area contributed by atoms with Crippen molar-refractivity contribution in [3.63, 3.8) is 0 Å². The second-order valence-corrected chi connectivity index (χ2v) is 4.67. The van der Waals surface area contributed by atoms with Gasteiger partial charge in [0.1, 0.15) is 13.2 Å². The number of benzene rings is 1. The fourth-order valence-corrected chi connectivity index (χ4v) is 2.11. The van der Waals surface area contributed by atoms with E-state index in [1.54, 1.807) is 18.2 Å². The maximum Gasteiger partial charge on any atom is 0.267 e. The summed E-state index contributed by atoms with van der Waals surface area (Å²) < 4.78 is 12.4. The molecule has 0 fully saturated rings. The molecule has 0 atom stereocenters. The molecule has 1 aliphatic rings. The highest BCUT2D eigenvalue weighted by atomic mass is 16.6. The summed E-state index contributed by atoms with van der Waals surface area (Å²) in [6.45, 7) is 3.18. The van der Waals surface area contributed by atoms with E-state index in [-0.39, 0.29) is 5.56 Å². The molecule has 20 heavy (non-hydrogen) atoms. The van der Waals surface area contributed by atoms with Crippen molar-refractivity contribution in [3.8, 4) is 11.5 Å². The number of aromatic nitrogens is 2. The van der Waals surface area contributed by atoms with E-state index in [1.807, 2.05) is 6.92 Å². The molecule has 1 aromatic heterocycles. The Hall–Kier alpha value is -2.50. The number of rotatable bonds is 2. The van der Waals surface area contributed by atoms with Crippen molar-refractivity contribution in [2.45, 2.75) is 13.5 Å². The first kappa shape index (κ1) is 12.5. The summed E-state index contributed by atoms with van der Waals surface area (Å²) in [6.07, 6.45) is 0. The van der Waals surface area contributed by atoms with E-state index < -0.39 is 0 Å². The number of hydrogen-bond acceptors (Lipinski definition) is 5. The lowest BCUT2D eigenvalue weighted by molar-refractivity contribution is 0.171. The lowest BCUT2D eigenvalue weighted by atomic mass is 10.1. The number of aryl methyl sites for hydroxylation is 1. The smallest absolute Gasteiger partial charge is 0.267 e. The lowest BCUT2D eigenvalue weighted by Gasteiger charge is -2.20. The van der Waals surface area contributed by atoms with Gasteiger partial charge in [0.05, 0.1) is 12.2 Å². The second kappa shape index (κ2) is 4.88. The third kappa shape index (κ3) is 2.32. The summed E-state index contributed by atoms with van der Waals surface area (Å²) in [4.78, 5) is 11.8. The molecule has 0 saturated heterocycles. The maximum absolute atomic E-state index is 11.8. The fraction of sp³-hybridized carbons (Fsp3) is 0.286. The minimum absolute atomic E-state index is 0.162. The first-order valence-corrected chi connectivity index (χ1v) is 6.36. The van der Waals surface area contributed by atoms with Crippen LogP contribution in [0.1, 0.15) is 11.3 Å². The molecule has 0 amide bonds. The SMILES string of the molecule is Cc1ccc(=O)n(Cc2cc3c(cc2N)OCCO3)n1. The van der Waals surface area contributed by atoms with Crippen LogP contribution in [0.25, 0.3) is 0 Å². The van der Waals surface area contributed by atoms with Gasteiger partial charge >= 0.3 is 0 Å². The van der Waals surface area contributed by atoms with Crippen LogP contribution >= 0.6 is 0 Å². The molecule has 2 aromatic rings. The zero-order valence-electron chi connectivity index (χ0n) is 11.1. The highest BCUT2D eigenvalue weighted by molar-refractivity contribution is 5.58. The largest absolute Gasteiger partial charge is 0.486 e. The number of nitrogen functional groups attached to an aromatic ring is 1. The molecule has 1 aliphatic heterocycles. The molecule has 0 spiro atoms. The number of nitrogens with zero attached hydrogens (tertiary/aromatic N) is 2. The molecule has 1 aromatic carbocycles. The van der Waals surface area contributed by atoms with Crippen LogP contribution in [0.5, 0.6) is 11.5 Å². The molecule has 2 N–H and O–H groups in total. The molecule has 6 nitrogen and oxygen atoms in total. The minimum Gasteiger partial charge on any atom is -0.486 e. The minimum atomic E-state index is -0.162. The molecule has 0 aliphatic carbocycles. The molecular weight excluding hydrogens is 258 g/mol. The van der Waals surface area contributed by atoms with Crippen molar-refractivity contribution in [1.82, 2.24) is 9.78 Å². The van der Waals surface area contributed by atoms with Gasteiger partial charge in [0.15, 0.2) is 11.5 Å². The highest BCUT2D eigenvalue weighted by Gasteiger charge is 2.15. The van der Waals surface area contributed by atoms with Gasteiger partial charge in [-0.25, -0.2) is 4.68 Å². The zero-order chi connectivity index (χ0) is 14.1. The summed E-state index contributed by atoms with van der Waals surface area (Å²) in [7, 11) is 0. The van der Waals surface area contributed by atoms with Gasteiger partial charge in [0, 0.05) is 23.4 Å². The molecule has 104 valence electrons. The van der Waals surface area contributed by atoms with Crippen LogP contribution in [0.2, 0.25) is 0 Å². The number of hydrogen-bond donors (Lipinski definition) is 1. The van der Waals surface area contributed by atoms with Gasteiger partial charge in [-0.05, 0) is 19.1 Å². The highest BCUT2D eigenvalue weighted by Crippen LogP contribution is 2.34. The van der Waals surface area contributed by atoms with Crippen LogP contribution in [0.15, 0.2) is 29.1 Å². The van der Waals surface area contributed by atoms with E-state index in [4.69, 9.17) is 15.2 Å². The van der Waals surface area contributed by atoms with Crippen molar-refractivity contribution in [2.24, 2.45) is 0 Å². The predicted octanol–water partition coefficient (Wildman–Crippen LogP) is 0.953. The van der Waals surface area contributed by atoms with Gasteiger partial charge in [-0.2, -0.15) is 5.10 Å². The number of nitrogens with two attached hydrogens (primary N) is 1. The Morgan fingerprint density at radius 1 is 1.25 bits per heavy atom. The zero-order valence-corrected chi connectivity index (χ0v) is 11.1. The van der Waals surface area contributed by atoms with E-state index in [1.165, 1.54) is 10.7 Å². The summed E-state index contributed by atoms with van der Waals surface area (Å²) in [5, 5.41) is 4.20. The first-order chi connectivity index (χ1) is 9.63. The van der Waals surface area contributed by atoms with E-state index in [9.17, 15) is 4.79 Å². The molecule has 0 unspecified atom stereocenters. The average molecular weight is 273 g/mol. The van der Waals surface area contributed by atoms with Crippen molar-refractivity contribution >= 4 is 5.69 Å². The van der Waals surface area contributed by atoms with Crippen LogP contribution in [0.4, 0.5) is 5.69 Å². The topological polar surface area (TPSA) is 79.4 Å². The van der Waals surface area contributed by atoms with Crippen molar-refractivity contribution in [3.05, 3.63) is 45.9 Å². The maximum atomic E-state index is 11.8. The van der Waals surface area contributed by atoms with Gasteiger partial charge in [-0.15, -0.1) is 0 Å². The standard InChI is InChI=1S/C14H15N3O3/c1-9-2-3-14(18)17(16-9)8-10-6-12-13(7-11(10)15)20-5-4-19-12/h2-3,6-7H,4-5,8,15H2,1H3. The molecule has 6 heteroatoms. The molecule has 3 rings (SSSR count). The van der Waals surface area contributed by atoms with Crippen LogP contribution in [-0.2, 0) is 6.54 Å². The molecule has 0 saturated carbocycles. The number of anilines is 1. The summed E-state index contributed by atoms with van der Waals surface area (Å²) in [5.74, 6) is 1.29. The van der Waals surface area contributed by atoms with Gasteiger partial charge in [0.25, 0.3) is 5.56 Å². The third-order valence-corrected chi connectivity index (χ3v) is 3.12. The van der Waals surface area contributed by atoms with E-state index in [0.29, 0.717) is 36.9 Å². The summed E-state index contributed by atoms with van der Waals surface area (Å²) >= 11 is 0. The summed E-state index contributed by atoms with van der Waals surface area (Å²) in [5.41, 5.74) is 7.96. The number of fused-ring (bicyclic) bond motifs is 1. The van der Waals surface area contributed by atoms with Crippen molar-refractivity contribution < 1.29 is 9.47 Å². The molecular formula is C14H15N3O3. The Morgan fingerprint density at radius 2 is 1.95 bits per heavy atom. The van der Waals surface area contributed by atoms with Gasteiger partial charge in [-0.3, -0.25) is 4.79 Å². The molecule has 0 bridgehead atoms. The Balaban J connectivity index is 1.98. The third-order valence-electron chi connectivity index (χ3n) is 3.12. The Bertz CT molecular complexity index is 709. The monoisotopic (exact) mass is 273 g/mol. The van der Waals surface area contributed by atoms with Gasteiger partial charge < -0.3 is 15.2 Å². The predicted molar refractivity (Wildman–Crippen MR) is 74.2 cm³/mol.